The third-order valence-electron chi connectivity index (χ3n) is 3.49. The molecular formula is C17H12ClN5S. The SMILES string of the molecule is Clc1ccc(CSc2nnc3ccc(-c4ccncc4)nn23)cc1. The van der Waals surface area contributed by atoms with Gasteiger partial charge in [0.05, 0.1) is 5.69 Å². The number of pyridine rings is 1. The Morgan fingerprint density at radius 1 is 0.917 bits per heavy atom. The number of hydrogen-bond acceptors (Lipinski definition) is 5. The van der Waals surface area contributed by atoms with Crippen LogP contribution < -0.4 is 0 Å². The number of aromatic nitrogens is 5. The smallest absolute Gasteiger partial charge is 0.212 e. The topological polar surface area (TPSA) is 56.0 Å². The van der Waals surface area contributed by atoms with Gasteiger partial charge < -0.3 is 0 Å². The van der Waals surface area contributed by atoms with Crippen LogP contribution in [0.4, 0.5) is 0 Å². The van der Waals surface area contributed by atoms with Crippen molar-refractivity contribution in [3.8, 4) is 11.3 Å². The van der Waals surface area contributed by atoms with Crippen LogP contribution in [0.25, 0.3) is 16.9 Å². The maximum atomic E-state index is 5.92. The molecule has 1 aromatic carbocycles. The lowest BCUT2D eigenvalue weighted by atomic mass is 10.2. The second-order valence-electron chi connectivity index (χ2n) is 5.12. The Labute approximate surface area is 147 Å². The molecule has 0 aliphatic heterocycles. The molecule has 0 saturated heterocycles. The largest absolute Gasteiger partial charge is 0.265 e. The van der Waals surface area contributed by atoms with Crippen LogP contribution in [0.2, 0.25) is 5.02 Å². The third kappa shape index (κ3) is 3.11. The zero-order valence-corrected chi connectivity index (χ0v) is 14.1. The highest BCUT2D eigenvalue weighted by Crippen LogP contribution is 2.23. The van der Waals surface area contributed by atoms with Crippen molar-refractivity contribution >= 4 is 29.0 Å². The van der Waals surface area contributed by atoms with Gasteiger partial charge in [0.2, 0.25) is 5.16 Å². The fraction of sp³-hybridized carbons (Fsp3) is 0.0588. The molecule has 24 heavy (non-hydrogen) atoms. The minimum absolute atomic E-state index is 0.728. The van der Waals surface area contributed by atoms with Crippen LogP contribution >= 0.6 is 23.4 Å². The Kier molecular flexibility index (Phi) is 4.15. The van der Waals surface area contributed by atoms with E-state index in [4.69, 9.17) is 11.6 Å². The molecule has 4 aromatic rings. The standard InChI is InChI=1S/C17H12ClN5S/c18-14-3-1-12(2-4-14)11-24-17-21-20-16-6-5-15(22-23(16)17)13-7-9-19-10-8-13/h1-10H,11H2. The van der Waals surface area contributed by atoms with Crippen molar-refractivity contribution in [2.75, 3.05) is 0 Å². The summed E-state index contributed by atoms with van der Waals surface area (Å²) in [5.74, 6) is 0.777. The van der Waals surface area contributed by atoms with Crippen LogP contribution in [0.15, 0.2) is 66.1 Å². The molecule has 0 spiro atoms. The lowest BCUT2D eigenvalue weighted by Crippen LogP contribution is -1.96. The molecule has 0 aliphatic carbocycles. The summed E-state index contributed by atoms with van der Waals surface area (Å²) in [6, 6.07) is 15.5. The molecule has 0 bridgehead atoms. The third-order valence-corrected chi connectivity index (χ3v) is 4.73. The van der Waals surface area contributed by atoms with E-state index >= 15 is 0 Å². The van der Waals surface area contributed by atoms with Gasteiger partial charge in [0, 0.05) is 28.7 Å². The summed E-state index contributed by atoms with van der Waals surface area (Å²) in [7, 11) is 0. The first-order valence-electron chi connectivity index (χ1n) is 7.30. The molecular weight excluding hydrogens is 342 g/mol. The first kappa shape index (κ1) is 15.1. The predicted molar refractivity (Wildman–Crippen MR) is 95.0 cm³/mol. The first-order chi connectivity index (χ1) is 11.8. The zero-order valence-electron chi connectivity index (χ0n) is 12.5. The van der Waals surface area contributed by atoms with Crippen LogP contribution in [0.5, 0.6) is 0 Å². The summed E-state index contributed by atoms with van der Waals surface area (Å²) >= 11 is 7.51. The molecule has 4 rings (SSSR count). The van der Waals surface area contributed by atoms with E-state index in [2.05, 4.69) is 20.3 Å². The van der Waals surface area contributed by atoms with Crippen molar-refractivity contribution in [1.29, 1.82) is 0 Å². The lowest BCUT2D eigenvalue weighted by Gasteiger charge is -2.03. The van der Waals surface area contributed by atoms with Gasteiger partial charge in [-0.25, -0.2) is 0 Å². The summed E-state index contributed by atoms with van der Waals surface area (Å²) in [4.78, 5) is 4.04. The van der Waals surface area contributed by atoms with E-state index in [1.807, 2.05) is 48.5 Å². The van der Waals surface area contributed by atoms with Crippen molar-refractivity contribution < 1.29 is 0 Å². The van der Waals surface area contributed by atoms with E-state index in [0.717, 1.165) is 32.8 Å². The van der Waals surface area contributed by atoms with Crippen LogP contribution in [0.3, 0.4) is 0 Å². The minimum atomic E-state index is 0.728. The number of thioether (sulfide) groups is 1. The molecule has 7 heteroatoms. The fourth-order valence-corrected chi connectivity index (χ4v) is 3.23. The van der Waals surface area contributed by atoms with Gasteiger partial charge in [-0.1, -0.05) is 35.5 Å². The maximum Gasteiger partial charge on any atom is 0.212 e. The lowest BCUT2D eigenvalue weighted by molar-refractivity contribution is 0.812. The van der Waals surface area contributed by atoms with Crippen molar-refractivity contribution in [1.82, 2.24) is 24.8 Å². The number of rotatable bonds is 4. The second kappa shape index (κ2) is 6.59. The van der Waals surface area contributed by atoms with Gasteiger partial charge in [-0.15, -0.1) is 10.2 Å². The number of halogens is 1. The van der Waals surface area contributed by atoms with Crippen LogP contribution in [0.1, 0.15) is 5.56 Å². The molecule has 0 saturated carbocycles. The van der Waals surface area contributed by atoms with Crippen molar-refractivity contribution in [3.05, 3.63) is 71.5 Å². The molecule has 3 heterocycles. The monoisotopic (exact) mass is 353 g/mol. The van der Waals surface area contributed by atoms with Gasteiger partial charge in [-0.2, -0.15) is 9.61 Å². The molecule has 0 radical (unpaired) electrons. The van der Waals surface area contributed by atoms with Gasteiger partial charge in [0.25, 0.3) is 0 Å². The Morgan fingerprint density at radius 2 is 1.71 bits per heavy atom. The average molecular weight is 354 g/mol. The Balaban J connectivity index is 1.62. The summed E-state index contributed by atoms with van der Waals surface area (Å²) in [6.07, 6.45) is 3.51. The second-order valence-corrected chi connectivity index (χ2v) is 6.50. The quantitative estimate of drug-likeness (QED) is 0.516. The number of hydrogen-bond donors (Lipinski definition) is 0. The number of nitrogens with zero attached hydrogens (tertiary/aromatic N) is 5. The van der Waals surface area contributed by atoms with Crippen LogP contribution in [-0.2, 0) is 5.75 Å². The fourth-order valence-electron chi connectivity index (χ4n) is 2.26. The molecule has 118 valence electrons. The normalized spacial score (nSPS) is 11.0. The Bertz CT molecular complexity index is 969. The van der Waals surface area contributed by atoms with Gasteiger partial charge in [-0.3, -0.25) is 4.98 Å². The van der Waals surface area contributed by atoms with E-state index in [0.29, 0.717) is 0 Å². The van der Waals surface area contributed by atoms with Gasteiger partial charge in [-0.05, 0) is 42.0 Å². The molecule has 0 amide bonds. The highest BCUT2D eigenvalue weighted by molar-refractivity contribution is 7.98. The van der Waals surface area contributed by atoms with Crippen LogP contribution in [-0.4, -0.2) is 24.8 Å². The Morgan fingerprint density at radius 3 is 2.50 bits per heavy atom. The van der Waals surface area contributed by atoms with Crippen molar-refractivity contribution in [2.24, 2.45) is 0 Å². The highest BCUT2D eigenvalue weighted by Gasteiger charge is 2.09. The highest BCUT2D eigenvalue weighted by atomic mass is 35.5. The molecule has 3 aromatic heterocycles. The molecule has 5 nitrogen and oxygen atoms in total. The summed E-state index contributed by atoms with van der Waals surface area (Å²) in [6.45, 7) is 0. The molecule has 0 fully saturated rings. The van der Waals surface area contributed by atoms with Gasteiger partial charge >= 0.3 is 0 Å². The predicted octanol–water partition coefficient (Wildman–Crippen LogP) is 4.13. The number of benzene rings is 1. The summed E-state index contributed by atoms with van der Waals surface area (Å²) < 4.78 is 1.77. The summed E-state index contributed by atoms with van der Waals surface area (Å²) in [5, 5.41) is 14.6. The number of fused-ring (bicyclic) bond motifs is 1. The first-order valence-corrected chi connectivity index (χ1v) is 8.66. The average Bonchev–Trinajstić information content (AvgIpc) is 3.04. The van der Waals surface area contributed by atoms with E-state index in [1.165, 1.54) is 5.56 Å². The maximum absolute atomic E-state index is 5.92. The van der Waals surface area contributed by atoms with E-state index < -0.39 is 0 Å². The molecule has 0 unspecified atom stereocenters. The summed E-state index contributed by atoms with van der Waals surface area (Å²) in [5.41, 5.74) is 3.77. The minimum Gasteiger partial charge on any atom is -0.265 e. The zero-order chi connectivity index (χ0) is 16.4. The van der Waals surface area contributed by atoms with Crippen molar-refractivity contribution in [2.45, 2.75) is 10.9 Å². The molecule has 0 N–H and O–H groups in total. The van der Waals surface area contributed by atoms with E-state index in [9.17, 15) is 0 Å². The Hall–Kier alpha value is -2.44. The van der Waals surface area contributed by atoms with E-state index in [1.54, 1.807) is 28.7 Å². The van der Waals surface area contributed by atoms with Crippen molar-refractivity contribution in [3.63, 3.8) is 0 Å². The van der Waals surface area contributed by atoms with Gasteiger partial charge in [0.1, 0.15) is 0 Å². The van der Waals surface area contributed by atoms with E-state index in [-0.39, 0.29) is 0 Å². The van der Waals surface area contributed by atoms with Gasteiger partial charge in [0.15, 0.2) is 5.65 Å². The molecule has 0 atom stereocenters. The van der Waals surface area contributed by atoms with Crippen LogP contribution in [0, 0.1) is 0 Å². The molecule has 0 aliphatic rings.